The van der Waals surface area contributed by atoms with Crippen molar-refractivity contribution in [2.75, 3.05) is 11.9 Å². The number of esters is 1. The van der Waals surface area contributed by atoms with Gasteiger partial charge in [-0.2, -0.15) is 0 Å². The predicted octanol–water partition coefficient (Wildman–Crippen LogP) is 4.82. The second kappa shape index (κ2) is 9.62. The fourth-order valence-corrected chi connectivity index (χ4v) is 4.02. The zero-order chi connectivity index (χ0) is 20.8. The molecule has 150 valence electrons. The Morgan fingerprint density at radius 1 is 1.21 bits per heavy atom. The van der Waals surface area contributed by atoms with E-state index in [1.807, 2.05) is 12.3 Å². The highest BCUT2D eigenvalue weighted by atomic mass is 32.2. The van der Waals surface area contributed by atoms with Crippen molar-refractivity contribution in [2.45, 2.75) is 17.6 Å². The molecule has 0 aliphatic rings. The first-order valence-corrected chi connectivity index (χ1v) is 10.3. The highest BCUT2D eigenvalue weighted by Gasteiger charge is 2.16. The number of anilines is 1. The van der Waals surface area contributed by atoms with E-state index in [-0.39, 0.29) is 5.69 Å². The molecule has 0 aliphatic heterocycles. The molecule has 0 atom stereocenters. The van der Waals surface area contributed by atoms with Crippen LogP contribution in [0.3, 0.4) is 0 Å². The van der Waals surface area contributed by atoms with Crippen molar-refractivity contribution >= 4 is 40.7 Å². The van der Waals surface area contributed by atoms with E-state index in [0.717, 1.165) is 22.8 Å². The number of carbonyl (C=O) groups excluding carboxylic acids is 2. The number of halogens is 2. The van der Waals surface area contributed by atoms with Crippen molar-refractivity contribution in [1.82, 2.24) is 4.98 Å². The van der Waals surface area contributed by atoms with Gasteiger partial charge in [0.1, 0.15) is 11.6 Å². The lowest BCUT2D eigenvalue weighted by Crippen LogP contribution is -2.21. The van der Waals surface area contributed by atoms with Gasteiger partial charge < -0.3 is 10.1 Å². The minimum absolute atomic E-state index is 0.193. The third-order valence-corrected chi connectivity index (χ3v) is 5.62. The molecule has 1 amide bonds. The number of carbonyl (C=O) groups is 2. The van der Waals surface area contributed by atoms with Gasteiger partial charge in [-0.05, 0) is 31.2 Å². The molecule has 0 saturated heterocycles. The van der Waals surface area contributed by atoms with Crippen molar-refractivity contribution in [2.24, 2.45) is 0 Å². The van der Waals surface area contributed by atoms with Gasteiger partial charge in [-0.1, -0.05) is 12.1 Å². The summed E-state index contributed by atoms with van der Waals surface area (Å²) in [5.74, 6) is -2.47. The van der Waals surface area contributed by atoms with Crippen LogP contribution in [-0.4, -0.2) is 23.5 Å². The fraction of sp³-hybridized carbons (Fsp3) is 0.150. The summed E-state index contributed by atoms with van der Waals surface area (Å²) < 4.78 is 31.5. The van der Waals surface area contributed by atoms with E-state index in [0.29, 0.717) is 22.3 Å². The van der Waals surface area contributed by atoms with E-state index in [1.165, 1.54) is 11.8 Å². The number of nitrogens with one attached hydrogen (secondary N) is 1. The third-order valence-electron chi connectivity index (χ3n) is 3.69. The number of benzene rings is 2. The Labute approximate surface area is 174 Å². The smallest absolute Gasteiger partial charge is 0.339 e. The maximum atomic E-state index is 13.6. The van der Waals surface area contributed by atoms with Crippen molar-refractivity contribution in [3.63, 3.8) is 0 Å². The van der Waals surface area contributed by atoms with Crippen LogP contribution in [0, 0.1) is 18.6 Å². The number of nitrogens with zero attached hydrogens (tertiary/aromatic N) is 1. The van der Waals surface area contributed by atoms with E-state index in [1.54, 1.807) is 35.6 Å². The topological polar surface area (TPSA) is 68.3 Å². The second-order valence-electron chi connectivity index (χ2n) is 5.89. The number of hydrogen-bond donors (Lipinski definition) is 1. The lowest BCUT2D eigenvalue weighted by Gasteiger charge is -2.10. The van der Waals surface area contributed by atoms with Crippen LogP contribution >= 0.6 is 23.1 Å². The van der Waals surface area contributed by atoms with Crippen LogP contribution in [0.1, 0.15) is 21.1 Å². The summed E-state index contributed by atoms with van der Waals surface area (Å²) in [6.07, 6.45) is 0. The summed E-state index contributed by atoms with van der Waals surface area (Å²) in [6.45, 7) is 1.33. The number of ether oxygens (including phenoxy) is 1. The van der Waals surface area contributed by atoms with E-state index in [2.05, 4.69) is 10.3 Å². The first-order chi connectivity index (χ1) is 13.9. The van der Waals surface area contributed by atoms with Gasteiger partial charge in [0.15, 0.2) is 6.61 Å². The zero-order valence-electron chi connectivity index (χ0n) is 15.3. The average Bonchev–Trinajstić information content (AvgIpc) is 3.12. The van der Waals surface area contributed by atoms with Gasteiger partial charge in [-0.15, -0.1) is 23.1 Å². The molecule has 0 bridgehead atoms. The van der Waals surface area contributed by atoms with E-state index in [9.17, 15) is 18.4 Å². The van der Waals surface area contributed by atoms with Crippen molar-refractivity contribution in [3.8, 4) is 0 Å². The molecule has 0 spiro atoms. The fourth-order valence-electron chi connectivity index (χ4n) is 2.37. The zero-order valence-corrected chi connectivity index (χ0v) is 16.9. The molecule has 1 heterocycles. The average molecular weight is 434 g/mol. The summed E-state index contributed by atoms with van der Waals surface area (Å²) in [5.41, 5.74) is 1.05. The molecule has 0 radical (unpaired) electrons. The molecule has 29 heavy (non-hydrogen) atoms. The van der Waals surface area contributed by atoms with Gasteiger partial charge >= 0.3 is 5.97 Å². The molecule has 0 aliphatic carbocycles. The number of thioether (sulfide) groups is 1. The minimum atomic E-state index is -0.913. The number of aromatic nitrogens is 1. The maximum absolute atomic E-state index is 13.6. The third kappa shape index (κ3) is 5.85. The molecule has 3 rings (SSSR count). The second-order valence-corrected chi connectivity index (χ2v) is 7.97. The molecule has 3 aromatic rings. The summed E-state index contributed by atoms with van der Waals surface area (Å²) in [4.78, 5) is 29.4. The highest BCUT2D eigenvalue weighted by Crippen LogP contribution is 2.27. The summed E-state index contributed by atoms with van der Waals surface area (Å²) in [6, 6.07) is 9.65. The van der Waals surface area contributed by atoms with Gasteiger partial charge in [0, 0.05) is 22.1 Å². The number of thiazole rings is 1. The Bertz CT molecular complexity index is 1040. The first-order valence-electron chi connectivity index (χ1n) is 8.47. The Morgan fingerprint density at radius 3 is 2.72 bits per heavy atom. The standard InChI is InChI=1S/C20H16F2N2O3S2/c1-12-23-14(10-28-12)11-29-18-5-3-2-4-15(18)20(26)27-9-19(25)24-17-7-6-13(21)8-16(17)22/h2-8,10H,9,11H2,1H3,(H,24,25). The molecule has 1 aromatic heterocycles. The van der Waals surface area contributed by atoms with Gasteiger partial charge in [0.25, 0.3) is 5.91 Å². The van der Waals surface area contributed by atoms with Gasteiger partial charge in [-0.3, -0.25) is 4.79 Å². The molecule has 2 aromatic carbocycles. The molecule has 0 saturated carbocycles. The van der Waals surface area contributed by atoms with Crippen molar-refractivity contribution < 1.29 is 23.1 Å². The molecule has 0 fully saturated rings. The van der Waals surface area contributed by atoms with Crippen LogP contribution in [0.2, 0.25) is 0 Å². The van der Waals surface area contributed by atoms with Gasteiger partial charge in [0.05, 0.1) is 22.0 Å². The minimum Gasteiger partial charge on any atom is -0.452 e. The Kier molecular flexibility index (Phi) is 6.95. The first kappa shape index (κ1) is 20.9. The van der Waals surface area contributed by atoms with E-state index in [4.69, 9.17) is 4.74 Å². The number of rotatable bonds is 7. The van der Waals surface area contributed by atoms with Crippen molar-refractivity contribution in [1.29, 1.82) is 0 Å². The largest absolute Gasteiger partial charge is 0.452 e. The van der Waals surface area contributed by atoms with E-state index >= 15 is 0 Å². The molecule has 5 nitrogen and oxygen atoms in total. The highest BCUT2D eigenvalue weighted by molar-refractivity contribution is 7.98. The Morgan fingerprint density at radius 2 is 2.00 bits per heavy atom. The van der Waals surface area contributed by atoms with Crippen LogP contribution in [-0.2, 0) is 15.3 Å². The predicted molar refractivity (Wildman–Crippen MR) is 108 cm³/mol. The number of hydrogen-bond acceptors (Lipinski definition) is 6. The van der Waals surface area contributed by atoms with Crippen LogP contribution in [0.25, 0.3) is 0 Å². The van der Waals surface area contributed by atoms with Gasteiger partial charge in [-0.25, -0.2) is 18.6 Å². The van der Waals surface area contributed by atoms with Crippen LogP contribution in [0.4, 0.5) is 14.5 Å². The quantitative estimate of drug-likeness (QED) is 0.427. The monoisotopic (exact) mass is 434 g/mol. The summed E-state index contributed by atoms with van der Waals surface area (Å²) in [7, 11) is 0. The lowest BCUT2D eigenvalue weighted by molar-refractivity contribution is -0.119. The SMILES string of the molecule is Cc1nc(CSc2ccccc2C(=O)OCC(=O)Nc2ccc(F)cc2F)cs1. The van der Waals surface area contributed by atoms with Crippen LogP contribution in [0.5, 0.6) is 0 Å². The van der Waals surface area contributed by atoms with Crippen LogP contribution in [0.15, 0.2) is 52.7 Å². The van der Waals surface area contributed by atoms with Crippen molar-refractivity contribution in [3.05, 3.63) is 75.7 Å². The van der Waals surface area contributed by atoms with Crippen LogP contribution < -0.4 is 5.32 Å². The molecule has 1 N–H and O–H groups in total. The summed E-state index contributed by atoms with van der Waals surface area (Å²) >= 11 is 3.00. The number of amides is 1. The number of aryl methyl sites for hydroxylation is 1. The Balaban J connectivity index is 1.58. The van der Waals surface area contributed by atoms with Gasteiger partial charge in [0.2, 0.25) is 0 Å². The summed E-state index contributed by atoms with van der Waals surface area (Å²) in [5, 5.41) is 5.17. The molecule has 0 unspecified atom stereocenters. The molecule has 9 heteroatoms. The maximum Gasteiger partial charge on any atom is 0.339 e. The normalized spacial score (nSPS) is 10.6. The molecular weight excluding hydrogens is 418 g/mol. The van der Waals surface area contributed by atoms with E-state index < -0.39 is 30.1 Å². The molecular formula is C20H16F2N2O3S2. The Hall–Kier alpha value is -2.78. The lowest BCUT2D eigenvalue weighted by atomic mass is 10.2.